The van der Waals surface area contributed by atoms with E-state index in [1.807, 2.05) is 12.1 Å². The standard InChI is InChI=1S/C12H18N2O2/c13-11(9-3-4-9)8-14-12(15)6-5-10-2-1-7-16-10/h1-2,7,9,11H,3-6,8,13H2,(H,14,15). The number of nitrogens with one attached hydrogen (secondary N) is 1. The first-order valence-corrected chi connectivity index (χ1v) is 5.80. The lowest BCUT2D eigenvalue weighted by Crippen LogP contribution is -2.38. The highest BCUT2D eigenvalue weighted by Crippen LogP contribution is 2.31. The molecule has 4 nitrogen and oxygen atoms in total. The third-order valence-corrected chi connectivity index (χ3v) is 2.94. The second kappa shape index (κ2) is 5.16. The first kappa shape index (κ1) is 11.2. The zero-order valence-corrected chi connectivity index (χ0v) is 9.32. The Bertz CT molecular complexity index is 331. The molecule has 0 aromatic carbocycles. The minimum atomic E-state index is 0.0486. The van der Waals surface area contributed by atoms with Crippen LogP contribution in [-0.4, -0.2) is 18.5 Å². The van der Waals surface area contributed by atoms with Gasteiger partial charge < -0.3 is 15.5 Å². The molecule has 1 atom stereocenters. The van der Waals surface area contributed by atoms with Crippen LogP contribution in [0.5, 0.6) is 0 Å². The second-order valence-electron chi connectivity index (χ2n) is 4.38. The Morgan fingerprint density at radius 1 is 1.62 bits per heavy atom. The summed E-state index contributed by atoms with van der Waals surface area (Å²) in [6, 6.07) is 3.84. The molecule has 1 unspecified atom stereocenters. The fourth-order valence-corrected chi connectivity index (χ4v) is 1.70. The lowest BCUT2D eigenvalue weighted by molar-refractivity contribution is -0.121. The first-order valence-electron chi connectivity index (χ1n) is 5.80. The molecule has 0 radical (unpaired) electrons. The van der Waals surface area contributed by atoms with Crippen LogP contribution in [0.15, 0.2) is 22.8 Å². The van der Waals surface area contributed by atoms with Crippen molar-refractivity contribution in [2.75, 3.05) is 6.54 Å². The number of amides is 1. The maximum atomic E-state index is 11.5. The van der Waals surface area contributed by atoms with E-state index in [-0.39, 0.29) is 11.9 Å². The van der Waals surface area contributed by atoms with Crippen LogP contribution in [0.3, 0.4) is 0 Å². The molecule has 1 aromatic rings. The van der Waals surface area contributed by atoms with Crippen molar-refractivity contribution in [2.45, 2.75) is 31.7 Å². The van der Waals surface area contributed by atoms with Crippen LogP contribution in [0.4, 0.5) is 0 Å². The highest BCUT2D eigenvalue weighted by molar-refractivity contribution is 5.76. The quantitative estimate of drug-likeness (QED) is 0.756. The number of rotatable bonds is 6. The largest absolute Gasteiger partial charge is 0.469 e. The van der Waals surface area contributed by atoms with Gasteiger partial charge in [0.2, 0.25) is 5.91 Å². The molecule has 1 aliphatic rings. The summed E-state index contributed by atoms with van der Waals surface area (Å²) >= 11 is 0. The van der Waals surface area contributed by atoms with E-state index in [9.17, 15) is 4.79 Å². The van der Waals surface area contributed by atoms with Gasteiger partial charge in [-0.2, -0.15) is 0 Å². The van der Waals surface area contributed by atoms with E-state index in [2.05, 4.69) is 5.32 Å². The molecule has 0 spiro atoms. The van der Waals surface area contributed by atoms with Crippen molar-refractivity contribution >= 4 is 5.91 Å². The van der Waals surface area contributed by atoms with Crippen LogP contribution in [0.1, 0.15) is 25.0 Å². The van der Waals surface area contributed by atoms with Crippen LogP contribution in [-0.2, 0) is 11.2 Å². The molecular weight excluding hydrogens is 204 g/mol. The molecule has 16 heavy (non-hydrogen) atoms. The molecule has 1 amide bonds. The second-order valence-corrected chi connectivity index (χ2v) is 4.38. The van der Waals surface area contributed by atoms with E-state index in [0.717, 1.165) is 5.76 Å². The molecule has 0 aliphatic heterocycles. The van der Waals surface area contributed by atoms with Crippen molar-refractivity contribution < 1.29 is 9.21 Å². The zero-order valence-electron chi connectivity index (χ0n) is 9.32. The molecule has 1 heterocycles. The number of carbonyl (C=O) groups excluding carboxylic acids is 1. The summed E-state index contributed by atoms with van der Waals surface area (Å²) in [5.74, 6) is 1.53. The summed E-state index contributed by atoms with van der Waals surface area (Å²) in [6.07, 6.45) is 5.16. The van der Waals surface area contributed by atoms with E-state index in [1.54, 1.807) is 6.26 Å². The molecule has 2 rings (SSSR count). The highest BCUT2D eigenvalue weighted by Gasteiger charge is 2.28. The fourth-order valence-electron chi connectivity index (χ4n) is 1.70. The zero-order chi connectivity index (χ0) is 11.4. The van der Waals surface area contributed by atoms with E-state index in [4.69, 9.17) is 10.2 Å². The molecule has 1 saturated carbocycles. The number of nitrogens with two attached hydrogens (primary N) is 1. The predicted molar refractivity (Wildman–Crippen MR) is 60.7 cm³/mol. The topological polar surface area (TPSA) is 68.3 Å². The Hall–Kier alpha value is -1.29. The molecular formula is C12H18N2O2. The third kappa shape index (κ3) is 3.38. The van der Waals surface area contributed by atoms with Gasteiger partial charge in [0, 0.05) is 25.4 Å². The van der Waals surface area contributed by atoms with Gasteiger partial charge in [-0.15, -0.1) is 0 Å². The van der Waals surface area contributed by atoms with Gasteiger partial charge in [0.1, 0.15) is 5.76 Å². The Morgan fingerprint density at radius 3 is 3.06 bits per heavy atom. The van der Waals surface area contributed by atoms with Crippen LogP contribution in [0, 0.1) is 5.92 Å². The molecule has 4 heteroatoms. The van der Waals surface area contributed by atoms with Crippen LogP contribution < -0.4 is 11.1 Å². The summed E-state index contributed by atoms with van der Waals surface area (Å²) in [5, 5.41) is 2.86. The number of hydrogen-bond donors (Lipinski definition) is 2. The lowest BCUT2D eigenvalue weighted by atomic mass is 10.2. The maximum Gasteiger partial charge on any atom is 0.220 e. The smallest absolute Gasteiger partial charge is 0.220 e. The van der Waals surface area contributed by atoms with Crippen molar-refractivity contribution in [3.8, 4) is 0 Å². The number of furan rings is 1. The van der Waals surface area contributed by atoms with Gasteiger partial charge in [-0.05, 0) is 30.9 Å². The summed E-state index contributed by atoms with van der Waals surface area (Å²) in [6.45, 7) is 0.599. The summed E-state index contributed by atoms with van der Waals surface area (Å²) in [5.41, 5.74) is 5.88. The monoisotopic (exact) mass is 222 g/mol. The van der Waals surface area contributed by atoms with Crippen molar-refractivity contribution in [3.05, 3.63) is 24.2 Å². The van der Waals surface area contributed by atoms with Gasteiger partial charge >= 0.3 is 0 Å². The number of aryl methyl sites for hydroxylation is 1. The van der Waals surface area contributed by atoms with Crippen LogP contribution in [0.2, 0.25) is 0 Å². The molecule has 0 saturated heterocycles. The van der Waals surface area contributed by atoms with Gasteiger partial charge in [-0.25, -0.2) is 0 Å². The molecule has 1 aliphatic carbocycles. The normalized spacial score (nSPS) is 17.1. The number of carbonyl (C=O) groups is 1. The first-order chi connectivity index (χ1) is 7.75. The van der Waals surface area contributed by atoms with E-state index < -0.39 is 0 Å². The average Bonchev–Trinajstić information content (AvgIpc) is 3.01. The van der Waals surface area contributed by atoms with Gasteiger partial charge in [-0.3, -0.25) is 4.79 Å². The fraction of sp³-hybridized carbons (Fsp3) is 0.583. The van der Waals surface area contributed by atoms with E-state index in [1.165, 1.54) is 12.8 Å². The third-order valence-electron chi connectivity index (χ3n) is 2.94. The molecule has 1 fully saturated rings. The summed E-state index contributed by atoms with van der Waals surface area (Å²) in [4.78, 5) is 11.5. The van der Waals surface area contributed by atoms with Crippen molar-refractivity contribution in [2.24, 2.45) is 11.7 Å². The minimum Gasteiger partial charge on any atom is -0.469 e. The van der Waals surface area contributed by atoms with Crippen LogP contribution in [0.25, 0.3) is 0 Å². The maximum absolute atomic E-state index is 11.5. The van der Waals surface area contributed by atoms with Crippen molar-refractivity contribution in [3.63, 3.8) is 0 Å². The van der Waals surface area contributed by atoms with Gasteiger partial charge in [0.05, 0.1) is 6.26 Å². The Morgan fingerprint density at radius 2 is 2.44 bits per heavy atom. The molecule has 1 aromatic heterocycles. The van der Waals surface area contributed by atoms with E-state index >= 15 is 0 Å². The summed E-state index contributed by atoms with van der Waals surface area (Å²) in [7, 11) is 0. The van der Waals surface area contributed by atoms with Crippen molar-refractivity contribution in [1.82, 2.24) is 5.32 Å². The predicted octanol–water partition coefficient (Wildman–Crippen LogP) is 1.07. The number of hydrogen-bond acceptors (Lipinski definition) is 3. The summed E-state index contributed by atoms with van der Waals surface area (Å²) < 4.78 is 5.15. The Labute approximate surface area is 95.2 Å². The Balaban J connectivity index is 1.60. The SMILES string of the molecule is NC(CNC(=O)CCc1ccco1)C1CC1. The van der Waals surface area contributed by atoms with Crippen LogP contribution >= 0.6 is 0 Å². The lowest BCUT2D eigenvalue weighted by Gasteiger charge is -2.11. The van der Waals surface area contributed by atoms with Gasteiger partial charge in [0.25, 0.3) is 0 Å². The van der Waals surface area contributed by atoms with Gasteiger partial charge in [-0.1, -0.05) is 0 Å². The Kier molecular flexibility index (Phi) is 3.62. The average molecular weight is 222 g/mol. The molecule has 0 bridgehead atoms. The van der Waals surface area contributed by atoms with Crippen molar-refractivity contribution in [1.29, 1.82) is 0 Å². The van der Waals surface area contributed by atoms with E-state index in [0.29, 0.717) is 25.3 Å². The highest BCUT2D eigenvalue weighted by atomic mass is 16.3. The molecule has 3 N–H and O–H groups in total. The minimum absolute atomic E-state index is 0.0486. The molecule has 88 valence electrons. The van der Waals surface area contributed by atoms with Gasteiger partial charge in [0.15, 0.2) is 0 Å².